The predicted octanol–water partition coefficient (Wildman–Crippen LogP) is 3.63. The van der Waals surface area contributed by atoms with E-state index in [1.54, 1.807) is 12.1 Å². The summed E-state index contributed by atoms with van der Waals surface area (Å²) < 4.78 is 5.76. The van der Waals surface area contributed by atoms with E-state index in [0.29, 0.717) is 17.3 Å². The Kier molecular flexibility index (Phi) is 4.00. The van der Waals surface area contributed by atoms with Crippen LogP contribution in [0.5, 0.6) is 0 Å². The first kappa shape index (κ1) is 12.3. The van der Waals surface area contributed by atoms with Crippen molar-refractivity contribution in [2.75, 3.05) is 5.73 Å². The van der Waals surface area contributed by atoms with Gasteiger partial charge in [-0.05, 0) is 44.0 Å². The lowest BCUT2D eigenvalue weighted by atomic mass is 10.1. The minimum absolute atomic E-state index is 0.117. The van der Waals surface area contributed by atoms with Crippen LogP contribution in [0.3, 0.4) is 0 Å². The van der Waals surface area contributed by atoms with Crippen molar-refractivity contribution in [1.29, 1.82) is 0 Å². The van der Waals surface area contributed by atoms with E-state index in [0.717, 1.165) is 12.0 Å². The van der Waals surface area contributed by atoms with Gasteiger partial charge in [0.2, 0.25) is 0 Å². The lowest BCUT2D eigenvalue weighted by Gasteiger charge is -2.23. The fraction of sp³-hybridized carbons (Fsp3) is 0.500. The summed E-state index contributed by atoms with van der Waals surface area (Å²) in [5.74, 6) is 0. The quantitative estimate of drug-likeness (QED) is 0.798. The fourth-order valence-corrected chi connectivity index (χ4v) is 1.25. The molecule has 2 N–H and O–H groups in total. The van der Waals surface area contributed by atoms with E-state index in [4.69, 9.17) is 22.1 Å². The number of hydrogen-bond donors (Lipinski definition) is 1. The first-order valence-corrected chi connectivity index (χ1v) is 5.50. The zero-order valence-corrected chi connectivity index (χ0v) is 10.3. The molecule has 0 saturated heterocycles. The highest BCUT2D eigenvalue weighted by Gasteiger charge is 2.15. The number of anilines is 1. The van der Waals surface area contributed by atoms with Crippen LogP contribution in [0, 0.1) is 0 Å². The fourth-order valence-electron chi connectivity index (χ4n) is 1.08. The molecule has 0 aliphatic carbocycles. The zero-order valence-electron chi connectivity index (χ0n) is 9.51. The molecule has 0 aliphatic rings. The maximum Gasteiger partial charge on any atom is 0.0739 e. The summed E-state index contributed by atoms with van der Waals surface area (Å²) in [6, 6.07) is 5.44. The van der Waals surface area contributed by atoms with Gasteiger partial charge in [-0.25, -0.2) is 0 Å². The van der Waals surface area contributed by atoms with E-state index in [1.807, 2.05) is 6.07 Å². The Morgan fingerprint density at radius 3 is 2.67 bits per heavy atom. The molecule has 1 aromatic rings. The molecule has 0 aromatic heterocycles. The van der Waals surface area contributed by atoms with Gasteiger partial charge in [0.1, 0.15) is 0 Å². The van der Waals surface area contributed by atoms with Gasteiger partial charge in [0, 0.05) is 10.7 Å². The average Bonchev–Trinajstić information content (AvgIpc) is 2.20. The molecule has 2 nitrogen and oxygen atoms in total. The largest absolute Gasteiger partial charge is 0.399 e. The Morgan fingerprint density at radius 1 is 1.40 bits per heavy atom. The van der Waals surface area contributed by atoms with Crippen molar-refractivity contribution in [2.45, 2.75) is 39.4 Å². The van der Waals surface area contributed by atoms with Crippen LogP contribution in [0.15, 0.2) is 18.2 Å². The van der Waals surface area contributed by atoms with E-state index < -0.39 is 0 Å². The Hall–Kier alpha value is -0.730. The molecule has 0 fully saturated rings. The molecule has 15 heavy (non-hydrogen) atoms. The van der Waals surface area contributed by atoms with Crippen LogP contribution >= 0.6 is 11.6 Å². The number of hydrogen-bond acceptors (Lipinski definition) is 2. The van der Waals surface area contributed by atoms with Crippen molar-refractivity contribution in [1.82, 2.24) is 0 Å². The molecule has 0 spiro atoms. The van der Waals surface area contributed by atoms with Crippen molar-refractivity contribution in [3.8, 4) is 0 Å². The van der Waals surface area contributed by atoms with E-state index in [-0.39, 0.29) is 5.60 Å². The second-order valence-corrected chi connectivity index (χ2v) is 4.66. The van der Waals surface area contributed by atoms with Gasteiger partial charge in [-0.3, -0.25) is 0 Å². The molecule has 0 bridgehead atoms. The van der Waals surface area contributed by atoms with Crippen LogP contribution in [-0.4, -0.2) is 5.60 Å². The van der Waals surface area contributed by atoms with E-state index >= 15 is 0 Å². The van der Waals surface area contributed by atoms with Gasteiger partial charge in [0.05, 0.1) is 12.2 Å². The maximum absolute atomic E-state index is 6.03. The Labute approximate surface area is 96.4 Å². The molecule has 0 saturated carbocycles. The van der Waals surface area contributed by atoms with E-state index in [2.05, 4.69) is 20.8 Å². The molecule has 0 amide bonds. The normalized spacial score (nSPS) is 11.7. The molecular weight excluding hydrogens is 210 g/mol. The third-order valence-electron chi connectivity index (χ3n) is 2.54. The van der Waals surface area contributed by atoms with E-state index in [9.17, 15) is 0 Å². The molecule has 1 rings (SSSR count). The number of ether oxygens (including phenoxy) is 1. The third kappa shape index (κ3) is 3.73. The molecule has 0 radical (unpaired) electrons. The Morgan fingerprint density at radius 2 is 2.07 bits per heavy atom. The topological polar surface area (TPSA) is 35.2 Å². The van der Waals surface area contributed by atoms with Crippen molar-refractivity contribution < 1.29 is 4.74 Å². The minimum Gasteiger partial charge on any atom is -0.399 e. The number of rotatable bonds is 4. The van der Waals surface area contributed by atoms with Crippen LogP contribution in [-0.2, 0) is 11.3 Å². The van der Waals surface area contributed by atoms with Crippen molar-refractivity contribution in [3.05, 3.63) is 28.8 Å². The highest BCUT2D eigenvalue weighted by molar-refractivity contribution is 6.31. The molecule has 0 atom stereocenters. The van der Waals surface area contributed by atoms with Gasteiger partial charge in [0.15, 0.2) is 0 Å². The van der Waals surface area contributed by atoms with Crippen LogP contribution < -0.4 is 5.73 Å². The summed E-state index contributed by atoms with van der Waals surface area (Å²) in [6.07, 6.45) is 0.965. The van der Waals surface area contributed by atoms with Crippen LogP contribution in [0.1, 0.15) is 32.8 Å². The lowest BCUT2D eigenvalue weighted by molar-refractivity contribution is -0.0315. The van der Waals surface area contributed by atoms with Crippen LogP contribution in [0.4, 0.5) is 5.69 Å². The van der Waals surface area contributed by atoms with Gasteiger partial charge >= 0.3 is 0 Å². The SMILES string of the molecule is CCC(C)(C)OCc1cc(N)ccc1Cl. The number of benzene rings is 1. The molecular formula is C12H18ClNO. The summed E-state index contributed by atoms with van der Waals surface area (Å²) in [7, 11) is 0. The van der Waals surface area contributed by atoms with Gasteiger partial charge in [-0.1, -0.05) is 18.5 Å². The first-order chi connectivity index (χ1) is 6.94. The van der Waals surface area contributed by atoms with Crippen LogP contribution in [0.2, 0.25) is 5.02 Å². The zero-order chi connectivity index (χ0) is 11.5. The molecule has 1 aromatic carbocycles. The summed E-state index contributed by atoms with van der Waals surface area (Å²) in [4.78, 5) is 0. The summed E-state index contributed by atoms with van der Waals surface area (Å²) >= 11 is 6.03. The Bertz CT molecular complexity index is 336. The number of nitrogen functional groups attached to an aromatic ring is 1. The highest BCUT2D eigenvalue weighted by atomic mass is 35.5. The third-order valence-corrected chi connectivity index (χ3v) is 2.91. The summed E-state index contributed by atoms with van der Waals surface area (Å²) in [5, 5.41) is 0.705. The van der Waals surface area contributed by atoms with Gasteiger partial charge in [0.25, 0.3) is 0 Å². The first-order valence-electron chi connectivity index (χ1n) is 5.12. The number of halogens is 1. The standard InChI is InChI=1S/C12H18ClNO/c1-4-12(2,3)15-8-9-7-10(14)5-6-11(9)13/h5-7H,4,8,14H2,1-3H3. The molecule has 0 unspecified atom stereocenters. The second kappa shape index (κ2) is 4.86. The van der Waals surface area contributed by atoms with Crippen molar-refractivity contribution >= 4 is 17.3 Å². The Balaban J connectivity index is 2.69. The van der Waals surface area contributed by atoms with Gasteiger partial charge < -0.3 is 10.5 Å². The monoisotopic (exact) mass is 227 g/mol. The molecule has 3 heteroatoms. The van der Waals surface area contributed by atoms with Crippen molar-refractivity contribution in [3.63, 3.8) is 0 Å². The summed E-state index contributed by atoms with van der Waals surface area (Å²) in [5.41, 5.74) is 7.23. The minimum atomic E-state index is -0.117. The highest BCUT2D eigenvalue weighted by Crippen LogP contribution is 2.23. The second-order valence-electron chi connectivity index (χ2n) is 4.25. The average molecular weight is 228 g/mol. The lowest BCUT2D eigenvalue weighted by Crippen LogP contribution is -2.22. The van der Waals surface area contributed by atoms with Crippen LogP contribution in [0.25, 0.3) is 0 Å². The van der Waals surface area contributed by atoms with Gasteiger partial charge in [-0.15, -0.1) is 0 Å². The predicted molar refractivity (Wildman–Crippen MR) is 65.0 cm³/mol. The summed E-state index contributed by atoms with van der Waals surface area (Å²) in [6.45, 7) is 6.73. The molecule has 0 heterocycles. The molecule has 0 aliphatic heterocycles. The van der Waals surface area contributed by atoms with Crippen molar-refractivity contribution in [2.24, 2.45) is 0 Å². The van der Waals surface area contributed by atoms with E-state index in [1.165, 1.54) is 0 Å². The maximum atomic E-state index is 6.03. The molecule has 84 valence electrons. The van der Waals surface area contributed by atoms with Gasteiger partial charge in [-0.2, -0.15) is 0 Å². The smallest absolute Gasteiger partial charge is 0.0739 e. The number of nitrogens with two attached hydrogens (primary N) is 1.